The molecule has 0 aliphatic carbocycles. The van der Waals surface area contributed by atoms with Gasteiger partial charge in [0.25, 0.3) is 0 Å². The molecule has 18 heavy (non-hydrogen) atoms. The highest BCUT2D eigenvalue weighted by molar-refractivity contribution is 5.85. The van der Waals surface area contributed by atoms with Gasteiger partial charge in [0.05, 0.1) is 0 Å². The largest absolute Gasteiger partial charge is 0.416 e. The molecule has 2 rings (SSSR count). The fraction of sp³-hybridized carbons (Fsp3) is 0.231. The highest BCUT2D eigenvalue weighted by atomic mass is 19.4. The number of alkyl halides is 3. The minimum absolute atomic E-state index is 0.553. The van der Waals surface area contributed by atoms with E-state index in [2.05, 4.69) is 5.32 Å². The molecule has 0 aliphatic heterocycles. The average Bonchev–Trinajstić information content (AvgIpc) is 2.34. The zero-order valence-electron chi connectivity index (χ0n) is 9.41. The van der Waals surface area contributed by atoms with Crippen molar-refractivity contribution in [1.82, 2.24) is 0 Å². The van der Waals surface area contributed by atoms with Gasteiger partial charge in [0, 0.05) is 12.2 Å². The molecule has 0 aromatic heterocycles. The number of aliphatic hydroxyl groups is 1. The standard InChI is InChI=1S/C13H12F3NO/c14-13(15,16)12(18)8-17-11-6-5-9-3-1-2-4-10(9)7-11/h1-7,12,17-18H,8H2. The van der Waals surface area contributed by atoms with Crippen molar-refractivity contribution in [2.24, 2.45) is 0 Å². The van der Waals surface area contributed by atoms with Crippen LogP contribution in [0.15, 0.2) is 42.5 Å². The molecule has 0 aliphatic rings. The summed E-state index contributed by atoms with van der Waals surface area (Å²) >= 11 is 0. The van der Waals surface area contributed by atoms with Crippen molar-refractivity contribution in [2.75, 3.05) is 11.9 Å². The van der Waals surface area contributed by atoms with E-state index < -0.39 is 18.8 Å². The number of benzene rings is 2. The van der Waals surface area contributed by atoms with E-state index in [1.165, 1.54) is 0 Å². The second kappa shape index (κ2) is 4.86. The molecule has 96 valence electrons. The smallest absolute Gasteiger partial charge is 0.382 e. The lowest BCUT2D eigenvalue weighted by Crippen LogP contribution is -2.34. The van der Waals surface area contributed by atoms with Crippen LogP contribution in [0.5, 0.6) is 0 Å². The summed E-state index contributed by atoms with van der Waals surface area (Å²) in [4.78, 5) is 0. The maximum absolute atomic E-state index is 12.1. The van der Waals surface area contributed by atoms with E-state index in [0.29, 0.717) is 5.69 Å². The summed E-state index contributed by atoms with van der Waals surface area (Å²) in [6, 6.07) is 12.8. The van der Waals surface area contributed by atoms with E-state index >= 15 is 0 Å². The Morgan fingerprint density at radius 2 is 1.72 bits per heavy atom. The van der Waals surface area contributed by atoms with Crippen molar-refractivity contribution >= 4 is 16.5 Å². The molecule has 2 aromatic carbocycles. The van der Waals surface area contributed by atoms with Gasteiger partial charge < -0.3 is 10.4 Å². The van der Waals surface area contributed by atoms with E-state index in [4.69, 9.17) is 5.11 Å². The zero-order valence-corrected chi connectivity index (χ0v) is 9.41. The molecule has 0 heterocycles. The maximum Gasteiger partial charge on any atom is 0.416 e. The third-order valence-electron chi connectivity index (χ3n) is 2.63. The predicted molar refractivity (Wildman–Crippen MR) is 64.5 cm³/mol. The summed E-state index contributed by atoms with van der Waals surface area (Å²) in [7, 11) is 0. The van der Waals surface area contributed by atoms with Gasteiger partial charge in [-0.1, -0.05) is 30.3 Å². The van der Waals surface area contributed by atoms with Crippen LogP contribution < -0.4 is 5.32 Å². The molecule has 2 nitrogen and oxygen atoms in total. The fourth-order valence-corrected chi connectivity index (χ4v) is 1.63. The highest BCUT2D eigenvalue weighted by Crippen LogP contribution is 2.22. The van der Waals surface area contributed by atoms with Gasteiger partial charge in [0.1, 0.15) is 0 Å². The van der Waals surface area contributed by atoms with Gasteiger partial charge in [-0.25, -0.2) is 0 Å². The number of anilines is 1. The number of rotatable bonds is 3. The summed E-state index contributed by atoms with van der Waals surface area (Å²) in [5.74, 6) is 0. The Hall–Kier alpha value is -1.75. The number of halogens is 3. The van der Waals surface area contributed by atoms with Crippen LogP contribution in [0, 0.1) is 0 Å². The Morgan fingerprint density at radius 1 is 1.06 bits per heavy atom. The first kappa shape index (κ1) is 12.7. The van der Waals surface area contributed by atoms with E-state index in [1.54, 1.807) is 12.1 Å². The lowest BCUT2D eigenvalue weighted by Gasteiger charge is -2.16. The van der Waals surface area contributed by atoms with Crippen LogP contribution in [0.2, 0.25) is 0 Å². The van der Waals surface area contributed by atoms with Gasteiger partial charge in [-0.05, 0) is 22.9 Å². The molecular weight excluding hydrogens is 243 g/mol. The van der Waals surface area contributed by atoms with Crippen LogP contribution in [-0.4, -0.2) is 23.9 Å². The van der Waals surface area contributed by atoms with Gasteiger partial charge in [0.15, 0.2) is 6.10 Å². The minimum atomic E-state index is -4.59. The number of hydrogen-bond donors (Lipinski definition) is 2. The van der Waals surface area contributed by atoms with Crippen LogP contribution in [0.25, 0.3) is 10.8 Å². The minimum Gasteiger partial charge on any atom is -0.382 e. The lowest BCUT2D eigenvalue weighted by molar-refractivity contribution is -0.198. The number of aliphatic hydroxyl groups excluding tert-OH is 1. The summed E-state index contributed by atoms with van der Waals surface area (Å²) in [6.45, 7) is -0.554. The van der Waals surface area contributed by atoms with Crippen LogP contribution in [-0.2, 0) is 0 Å². The quantitative estimate of drug-likeness (QED) is 0.882. The van der Waals surface area contributed by atoms with E-state index in [0.717, 1.165) is 10.8 Å². The monoisotopic (exact) mass is 255 g/mol. The first-order valence-electron chi connectivity index (χ1n) is 5.44. The van der Waals surface area contributed by atoms with Crippen LogP contribution in [0.4, 0.5) is 18.9 Å². The third kappa shape index (κ3) is 2.92. The van der Waals surface area contributed by atoms with Gasteiger partial charge in [-0.15, -0.1) is 0 Å². The van der Waals surface area contributed by atoms with Crippen molar-refractivity contribution < 1.29 is 18.3 Å². The Labute approximate surface area is 102 Å². The number of hydrogen-bond acceptors (Lipinski definition) is 2. The predicted octanol–water partition coefficient (Wildman–Crippen LogP) is 3.17. The zero-order chi connectivity index (χ0) is 13.2. The normalized spacial score (nSPS) is 13.6. The molecule has 0 bridgehead atoms. The molecule has 0 spiro atoms. The molecule has 0 saturated heterocycles. The van der Waals surface area contributed by atoms with Gasteiger partial charge in [-0.3, -0.25) is 0 Å². The van der Waals surface area contributed by atoms with Crippen molar-refractivity contribution in [3.8, 4) is 0 Å². The Morgan fingerprint density at radius 3 is 2.39 bits per heavy atom. The molecule has 0 fully saturated rings. The van der Waals surface area contributed by atoms with Crippen molar-refractivity contribution in [2.45, 2.75) is 12.3 Å². The average molecular weight is 255 g/mol. The molecule has 1 unspecified atom stereocenters. The van der Waals surface area contributed by atoms with Crippen LogP contribution >= 0.6 is 0 Å². The molecule has 2 N–H and O–H groups in total. The molecule has 1 atom stereocenters. The Balaban J connectivity index is 2.08. The number of fused-ring (bicyclic) bond motifs is 1. The molecular formula is C13H12F3NO. The molecule has 2 aromatic rings. The summed E-state index contributed by atoms with van der Waals surface area (Å²) < 4.78 is 36.3. The number of nitrogens with one attached hydrogen (secondary N) is 1. The van der Waals surface area contributed by atoms with Gasteiger partial charge in [0.2, 0.25) is 0 Å². The van der Waals surface area contributed by atoms with Gasteiger partial charge in [-0.2, -0.15) is 13.2 Å². The van der Waals surface area contributed by atoms with Crippen LogP contribution in [0.1, 0.15) is 0 Å². The fourth-order valence-electron chi connectivity index (χ4n) is 1.63. The SMILES string of the molecule is OC(CNc1ccc2ccccc2c1)C(F)(F)F. The van der Waals surface area contributed by atoms with Gasteiger partial charge >= 0.3 is 6.18 Å². The maximum atomic E-state index is 12.1. The van der Waals surface area contributed by atoms with Crippen molar-refractivity contribution in [3.63, 3.8) is 0 Å². The third-order valence-corrected chi connectivity index (χ3v) is 2.63. The summed E-state index contributed by atoms with van der Waals surface area (Å²) in [5.41, 5.74) is 0.553. The first-order valence-corrected chi connectivity index (χ1v) is 5.44. The lowest BCUT2D eigenvalue weighted by atomic mass is 10.1. The second-order valence-electron chi connectivity index (χ2n) is 4.00. The molecule has 5 heteroatoms. The Bertz CT molecular complexity index is 539. The first-order chi connectivity index (χ1) is 8.47. The summed E-state index contributed by atoms with van der Waals surface area (Å²) in [5, 5.41) is 13.4. The van der Waals surface area contributed by atoms with E-state index in [1.807, 2.05) is 30.3 Å². The molecule has 0 saturated carbocycles. The summed E-state index contributed by atoms with van der Waals surface area (Å²) in [6.07, 6.45) is -6.95. The Kier molecular flexibility index (Phi) is 3.43. The van der Waals surface area contributed by atoms with E-state index in [-0.39, 0.29) is 0 Å². The van der Waals surface area contributed by atoms with Crippen LogP contribution in [0.3, 0.4) is 0 Å². The molecule has 0 radical (unpaired) electrons. The van der Waals surface area contributed by atoms with Crippen molar-refractivity contribution in [1.29, 1.82) is 0 Å². The molecule has 0 amide bonds. The second-order valence-corrected chi connectivity index (χ2v) is 4.00. The topological polar surface area (TPSA) is 32.3 Å². The van der Waals surface area contributed by atoms with E-state index in [9.17, 15) is 13.2 Å². The highest BCUT2D eigenvalue weighted by Gasteiger charge is 2.37. The van der Waals surface area contributed by atoms with Crippen molar-refractivity contribution in [3.05, 3.63) is 42.5 Å².